The van der Waals surface area contributed by atoms with Gasteiger partial charge >= 0.3 is 0 Å². The van der Waals surface area contributed by atoms with Crippen molar-refractivity contribution < 1.29 is 13.2 Å². The van der Waals surface area contributed by atoms with Crippen LogP contribution in [0, 0.1) is 12.3 Å². The van der Waals surface area contributed by atoms with Crippen LogP contribution in [0.5, 0.6) is 0 Å². The van der Waals surface area contributed by atoms with Gasteiger partial charge < -0.3 is 4.74 Å². The maximum absolute atomic E-state index is 12.6. The van der Waals surface area contributed by atoms with Crippen molar-refractivity contribution in [2.24, 2.45) is 0 Å². The third kappa shape index (κ3) is 3.96. The van der Waals surface area contributed by atoms with Crippen LogP contribution in [0.2, 0.25) is 0 Å². The molecule has 0 spiro atoms. The Morgan fingerprint density at radius 3 is 2.35 bits per heavy atom. The maximum Gasteiger partial charge on any atom is 0.298 e. The minimum atomic E-state index is -3.73. The van der Waals surface area contributed by atoms with E-state index < -0.39 is 10.0 Å². The lowest BCUT2D eigenvalue weighted by molar-refractivity contribution is 0.277. The fourth-order valence-corrected chi connectivity index (χ4v) is 3.05. The van der Waals surface area contributed by atoms with Gasteiger partial charge in [0, 0.05) is 6.54 Å². The van der Waals surface area contributed by atoms with Gasteiger partial charge in [-0.2, -0.15) is 0 Å². The van der Waals surface area contributed by atoms with E-state index in [1.165, 1.54) is 0 Å². The highest BCUT2D eigenvalue weighted by Crippen LogP contribution is 2.17. The lowest BCUT2D eigenvalue weighted by Gasteiger charge is -2.23. The van der Waals surface area contributed by atoms with E-state index in [1.54, 1.807) is 31.2 Å². The van der Waals surface area contributed by atoms with Crippen LogP contribution in [0.3, 0.4) is 0 Å². The van der Waals surface area contributed by atoms with Gasteiger partial charge in [-0.3, -0.25) is 5.41 Å². The molecule has 0 saturated heterocycles. The first-order chi connectivity index (χ1) is 9.43. The third-order valence-electron chi connectivity index (χ3n) is 2.83. The summed E-state index contributed by atoms with van der Waals surface area (Å²) in [6.45, 7) is 6.12. The lowest BCUT2D eigenvalue weighted by atomic mass is 10.2. The predicted molar refractivity (Wildman–Crippen MR) is 79.3 cm³/mol. The zero-order chi connectivity index (χ0) is 15.2. The Hall–Kier alpha value is -1.56. The Morgan fingerprint density at radius 1 is 1.25 bits per heavy atom. The van der Waals surface area contributed by atoms with Crippen LogP contribution < -0.4 is 0 Å². The summed E-state index contributed by atoms with van der Waals surface area (Å²) >= 11 is 0. The monoisotopic (exact) mass is 298 g/mol. The van der Waals surface area contributed by atoms with E-state index in [-0.39, 0.29) is 24.1 Å². The predicted octanol–water partition coefficient (Wildman–Crippen LogP) is 2.76. The number of hydrogen-bond acceptors (Lipinski definition) is 4. The Morgan fingerprint density at radius 2 is 1.85 bits per heavy atom. The molecule has 0 saturated carbocycles. The quantitative estimate of drug-likeness (QED) is 0.648. The van der Waals surface area contributed by atoms with Gasteiger partial charge in [-0.05, 0) is 32.4 Å². The number of unbranched alkanes of at least 4 members (excludes halogenated alkanes) is 1. The summed E-state index contributed by atoms with van der Waals surface area (Å²) in [6.07, 6.45) is 1.53. The standard InChI is InChI=1S/C14H22N2O3S/c1-4-6-11-16(14(15)19-5-2)20(17,18)13-9-7-12(3)8-10-13/h7-10,15H,4-6,11H2,1-3H3. The minimum Gasteiger partial charge on any atom is -0.465 e. The fraction of sp³-hybridized carbons (Fsp3) is 0.500. The number of aryl methyl sites for hydroxylation is 1. The molecule has 0 aliphatic carbocycles. The number of sulfonamides is 1. The van der Waals surface area contributed by atoms with Crippen molar-refractivity contribution in [3.63, 3.8) is 0 Å². The summed E-state index contributed by atoms with van der Waals surface area (Å²) in [6, 6.07) is 6.29. The van der Waals surface area contributed by atoms with E-state index in [4.69, 9.17) is 10.1 Å². The molecule has 20 heavy (non-hydrogen) atoms. The van der Waals surface area contributed by atoms with Crippen LogP contribution in [0.4, 0.5) is 0 Å². The van der Waals surface area contributed by atoms with Crippen LogP contribution in [-0.4, -0.2) is 31.9 Å². The van der Waals surface area contributed by atoms with Crippen molar-refractivity contribution >= 4 is 16.0 Å². The summed E-state index contributed by atoms with van der Waals surface area (Å²) in [5, 5.41) is 7.80. The van der Waals surface area contributed by atoms with Crippen LogP contribution in [0.15, 0.2) is 29.2 Å². The Bertz CT molecular complexity index is 538. The van der Waals surface area contributed by atoms with Crippen molar-refractivity contribution in [1.82, 2.24) is 4.31 Å². The normalized spacial score (nSPS) is 11.2. The van der Waals surface area contributed by atoms with Gasteiger partial charge in [0.2, 0.25) is 0 Å². The molecule has 1 N–H and O–H groups in total. The van der Waals surface area contributed by atoms with Crippen LogP contribution in [0.1, 0.15) is 32.3 Å². The fourth-order valence-electron chi connectivity index (χ4n) is 1.68. The molecule has 0 aliphatic rings. The first-order valence-electron chi connectivity index (χ1n) is 6.74. The molecule has 112 valence electrons. The smallest absolute Gasteiger partial charge is 0.298 e. The van der Waals surface area contributed by atoms with Gasteiger partial charge in [-0.25, -0.2) is 12.7 Å². The molecule has 0 aliphatic heterocycles. The minimum absolute atomic E-state index is 0.184. The lowest BCUT2D eigenvalue weighted by Crippen LogP contribution is -2.38. The molecule has 0 aromatic heterocycles. The summed E-state index contributed by atoms with van der Waals surface area (Å²) in [5.41, 5.74) is 0.990. The van der Waals surface area contributed by atoms with Crippen molar-refractivity contribution in [3.05, 3.63) is 29.8 Å². The van der Waals surface area contributed by atoms with Crippen LogP contribution in [-0.2, 0) is 14.8 Å². The number of benzene rings is 1. The summed E-state index contributed by atoms with van der Waals surface area (Å²) in [4.78, 5) is 0.184. The molecule has 0 heterocycles. The SMILES string of the molecule is CCCCN(C(=N)OCC)S(=O)(=O)c1ccc(C)cc1. The van der Waals surface area contributed by atoms with Gasteiger partial charge in [0.15, 0.2) is 0 Å². The van der Waals surface area contributed by atoms with Crippen molar-refractivity contribution in [1.29, 1.82) is 5.41 Å². The highest BCUT2D eigenvalue weighted by atomic mass is 32.2. The first-order valence-corrected chi connectivity index (χ1v) is 8.18. The molecular formula is C14H22N2O3S. The molecule has 0 atom stereocenters. The van der Waals surface area contributed by atoms with E-state index in [0.717, 1.165) is 16.3 Å². The van der Waals surface area contributed by atoms with Gasteiger partial charge in [0.05, 0.1) is 11.5 Å². The summed E-state index contributed by atoms with van der Waals surface area (Å²) < 4.78 is 31.2. The number of nitrogens with zero attached hydrogens (tertiary/aromatic N) is 1. The van der Waals surface area contributed by atoms with E-state index in [9.17, 15) is 8.42 Å². The van der Waals surface area contributed by atoms with E-state index >= 15 is 0 Å². The second kappa shape index (κ2) is 7.28. The summed E-state index contributed by atoms with van der Waals surface area (Å²) in [5.74, 6) is 0. The maximum atomic E-state index is 12.6. The van der Waals surface area contributed by atoms with Crippen molar-refractivity contribution in [3.8, 4) is 0 Å². The highest BCUT2D eigenvalue weighted by molar-refractivity contribution is 7.89. The highest BCUT2D eigenvalue weighted by Gasteiger charge is 2.27. The van der Waals surface area contributed by atoms with E-state index in [0.29, 0.717) is 6.42 Å². The first kappa shape index (κ1) is 16.5. The number of ether oxygens (including phenoxy) is 1. The third-order valence-corrected chi connectivity index (χ3v) is 4.63. The Balaban J connectivity index is 3.09. The molecule has 1 aromatic carbocycles. The van der Waals surface area contributed by atoms with E-state index in [2.05, 4.69) is 0 Å². The molecule has 0 amide bonds. The van der Waals surface area contributed by atoms with E-state index in [1.807, 2.05) is 13.8 Å². The van der Waals surface area contributed by atoms with Crippen molar-refractivity contribution in [2.45, 2.75) is 38.5 Å². The average molecular weight is 298 g/mol. The molecule has 0 radical (unpaired) electrons. The molecule has 6 heteroatoms. The molecular weight excluding hydrogens is 276 g/mol. The van der Waals surface area contributed by atoms with Gasteiger partial charge in [0.25, 0.3) is 16.0 Å². The molecule has 1 aromatic rings. The number of hydrogen-bond donors (Lipinski definition) is 1. The molecule has 5 nitrogen and oxygen atoms in total. The second-order valence-corrected chi connectivity index (χ2v) is 6.34. The summed E-state index contributed by atoms with van der Waals surface area (Å²) in [7, 11) is -3.73. The average Bonchev–Trinajstić information content (AvgIpc) is 2.39. The Kier molecular flexibility index (Phi) is 6.01. The second-order valence-electron chi connectivity index (χ2n) is 4.48. The Labute approximate surface area is 121 Å². The topological polar surface area (TPSA) is 70.5 Å². The van der Waals surface area contributed by atoms with Gasteiger partial charge in [-0.1, -0.05) is 31.0 Å². The van der Waals surface area contributed by atoms with Gasteiger partial charge in [0.1, 0.15) is 0 Å². The largest absolute Gasteiger partial charge is 0.465 e. The van der Waals surface area contributed by atoms with Crippen LogP contribution >= 0.6 is 0 Å². The zero-order valence-corrected chi connectivity index (χ0v) is 13.0. The number of amidine groups is 1. The molecule has 1 rings (SSSR count). The van der Waals surface area contributed by atoms with Crippen LogP contribution in [0.25, 0.3) is 0 Å². The number of rotatable bonds is 6. The molecule has 0 unspecified atom stereocenters. The number of nitrogens with one attached hydrogen (secondary N) is 1. The zero-order valence-electron chi connectivity index (χ0n) is 12.2. The van der Waals surface area contributed by atoms with Gasteiger partial charge in [-0.15, -0.1) is 0 Å². The molecule has 0 fully saturated rings. The molecule has 0 bridgehead atoms. The van der Waals surface area contributed by atoms with Crippen molar-refractivity contribution in [2.75, 3.05) is 13.2 Å².